The average Bonchev–Trinajstić information content (AvgIpc) is 2.72. The van der Waals surface area contributed by atoms with E-state index in [-0.39, 0.29) is 18.9 Å². The lowest BCUT2D eigenvalue weighted by molar-refractivity contribution is -0.384. The molecule has 2 rings (SSSR count). The summed E-state index contributed by atoms with van der Waals surface area (Å²) in [6.45, 7) is 3.24. The van der Waals surface area contributed by atoms with Gasteiger partial charge in [0.05, 0.1) is 19.1 Å². The van der Waals surface area contributed by atoms with Gasteiger partial charge in [-0.3, -0.25) is 10.1 Å². The first-order valence-corrected chi connectivity index (χ1v) is 8.68. The van der Waals surface area contributed by atoms with E-state index in [4.69, 9.17) is 15.2 Å². The molecule has 0 fully saturated rings. The van der Waals surface area contributed by atoms with E-state index < -0.39 is 16.9 Å². The number of esters is 2. The number of aryl methyl sites for hydroxylation is 2. The van der Waals surface area contributed by atoms with Crippen LogP contribution in [0.25, 0.3) is 0 Å². The highest BCUT2D eigenvalue weighted by atomic mass is 16.6. The van der Waals surface area contributed by atoms with Crippen LogP contribution in [0.4, 0.5) is 11.4 Å². The van der Waals surface area contributed by atoms with Gasteiger partial charge in [-0.2, -0.15) is 0 Å². The molecule has 0 saturated heterocycles. The fraction of sp³-hybridized carbons (Fsp3) is 0.300. The number of nitro groups is 1. The third-order valence-electron chi connectivity index (χ3n) is 3.71. The molecule has 2 aromatic carbocycles. The van der Waals surface area contributed by atoms with Gasteiger partial charge in [-0.25, -0.2) is 9.59 Å². The maximum atomic E-state index is 10.8. The van der Waals surface area contributed by atoms with E-state index in [1.165, 1.54) is 32.4 Å². The first-order valence-electron chi connectivity index (χ1n) is 8.68. The van der Waals surface area contributed by atoms with Gasteiger partial charge in [-0.05, 0) is 49.2 Å². The minimum atomic E-state index is -0.502. The number of nitro benzene ring substituents is 1. The summed E-state index contributed by atoms with van der Waals surface area (Å²) in [5, 5.41) is 10.5. The van der Waals surface area contributed by atoms with Crippen molar-refractivity contribution in [3.05, 3.63) is 57.6 Å². The van der Waals surface area contributed by atoms with Gasteiger partial charge in [-0.1, -0.05) is 0 Å². The van der Waals surface area contributed by atoms with Crippen molar-refractivity contribution in [3.63, 3.8) is 0 Å². The van der Waals surface area contributed by atoms with Crippen molar-refractivity contribution in [1.29, 1.82) is 0 Å². The van der Waals surface area contributed by atoms with Crippen LogP contribution in [0, 0.1) is 24.0 Å². The zero-order valence-corrected chi connectivity index (χ0v) is 17.2. The number of rotatable bonds is 7. The number of ether oxygens (including phenoxy) is 4. The zero-order chi connectivity index (χ0) is 22.7. The molecule has 2 aromatic rings. The number of non-ortho nitro benzene ring substituents is 1. The number of benzene rings is 2. The monoisotopic (exact) mass is 420 g/mol. The average molecular weight is 420 g/mol. The Balaban J connectivity index is 0.000000303. The number of methoxy groups -OCH3 is 2. The largest absolute Gasteiger partial charge is 0.482 e. The fourth-order valence-corrected chi connectivity index (χ4v) is 2.13. The van der Waals surface area contributed by atoms with Gasteiger partial charge in [0.25, 0.3) is 5.69 Å². The highest BCUT2D eigenvalue weighted by Gasteiger charge is 2.10. The van der Waals surface area contributed by atoms with Gasteiger partial charge in [0.2, 0.25) is 0 Å². The number of nitrogen functional groups attached to an aromatic ring is 1. The molecule has 30 heavy (non-hydrogen) atoms. The molecule has 0 aliphatic rings. The van der Waals surface area contributed by atoms with Gasteiger partial charge in [-0.15, -0.1) is 0 Å². The summed E-state index contributed by atoms with van der Waals surface area (Å²) in [6, 6.07) is 9.39. The van der Waals surface area contributed by atoms with Gasteiger partial charge in [0.1, 0.15) is 11.5 Å². The van der Waals surface area contributed by atoms with Crippen molar-refractivity contribution in [2.24, 2.45) is 0 Å². The van der Waals surface area contributed by atoms with Crippen molar-refractivity contribution in [1.82, 2.24) is 0 Å². The Morgan fingerprint density at radius 3 is 1.77 bits per heavy atom. The number of nitrogens with zero attached hydrogens (tertiary/aromatic N) is 1. The Labute approximate surface area is 173 Å². The fourth-order valence-electron chi connectivity index (χ4n) is 2.13. The summed E-state index contributed by atoms with van der Waals surface area (Å²) in [5.41, 5.74) is 7.72. The molecule has 0 unspecified atom stereocenters. The van der Waals surface area contributed by atoms with Gasteiger partial charge in [0, 0.05) is 17.8 Å². The summed E-state index contributed by atoms with van der Waals surface area (Å²) >= 11 is 0. The first kappa shape index (κ1) is 24.2. The van der Waals surface area contributed by atoms with Crippen LogP contribution in [-0.2, 0) is 19.1 Å². The molecule has 2 N–H and O–H groups in total. The molecule has 10 heteroatoms. The molecule has 0 aromatic heterocycles. The van der Waals surface area contributed by atoms with E-state index in [0.29, 0.717) is 22.7 Å². The maximum absolute atomic E-state index is 10.8. The molecule has 0 spiro atoms. The summed E-state index contributed by atoms with van der Waals surface area (Å²) in [7, 11) is 2.58. The smallest absolute Gasteiger partial charge is 0.343 e. The van der Waals surface area contributed by atoms with Crippen molar-refractivity contribution in [2.75, 3.05) is 33.2 Å². The quantitative estimate of drug-likeness (QED) is 0.310. The van der Waals surface area contributed by atoms with Crippen LogP contribution in [0.5, 0.6) is 11.5 Å². The molecule has 0 atom stereocenters. The van der Waals surface area contributed by atoms with E-state index in [9.17, 15) is 19.7 Å². The lowest BCUT2D eigenvalue weighted by atomic mass is 10.2. The number of nitrogens with two attached hydrogens (primary N) is 1. The Hall–Kier alpha value is -3.82. The van der Waals surface area contributed by atoms with Crippen molar-refractivity contribution in [3.8, 4) is 11.5 Å². The molecule has 0 radical (unpaired) electrons. The third kappa shape index (κ3) is 8.05. The maximum Gasteiger partial charge on any atom is 0.343 e. The molecule has 0 saturated carbocycles. The molecular formula is C20H24N2O8. The first-order chi connectivity index (χ1) is 14.2. The molecule has 0 aliphatic carbocycles. The third-order valence-corrected chi connectivity index (χ3v) is 3.71. The highest BCUT2D eigenvalue weighted by molar-refractivity contribution is 5.71. The predicted molar refractivity (Wildman–Crippen MR) is 108 cm³/mol. The summed E-state index contributed by atoms with van der Waals surface area (Å²) in [4.78, 5) is 31.6. The summed E-state index contributed by atoms with van der Waals surface area (Å²) in [5.74, 6) is 0.166. The van der Waals surface area contributed by atoms with E-state index in [1.54, 1.807) is 25.1 Å². The van der Waals surface area contributed by atoms with E-state index >= 15 is 0 Å². The van der Waals surface area contributed by atoms with Crippen LogP contribution in [0.1, 0.15) is 11.1 Å². The molecule has 0 heterocycles. The Morgan fingerprint density at radius 2 is 1.37 bits per heavy atom. The predicted octanol–water partition coefficient (Wildman–Crippen LogP) is 2.58. The Morgan fingerprint density at radius 1 is 0.900 bits per heavy atom. The number of carbonyl (C=O) groups excluding carboxylic acids is 2. The number of anilines is 1. The summed E-state index contributed by atoms with van der Waals surface area (Å²) < 4.78 is 19.2. The SMILES string of the molecule is COC(=O)COc1ccc(N)cc1C.COC(=O)COc1ccc([N+](=O)[O-])cc1C. The number of hydrogen-bond acceptors (Lipinski definition) is 9. The topological polar surface area (TPSA) is 140 Å². The lowest BCUT2D eigenvalue weighted by Crippen LogP contribution is -2.13. The lowest BCUT2D eigenvalue weighted by Gasteiger charge is -2.07. The Kier molecular flexibility index (Phi) is 9.60. The van der Waals surface area contributed by atoms with Crippen LogP contribution >= 0.6 is 0 Å². The standard InChI is InChI=1S/C10H11NO5.C10H13NO3/c1-7-5-8(11(13)14)3-4-9(7)16-6-10(12)15-2;1-7-5-8(11)3-4-9(7)14-6-10(12)13-2/h3-5H,6H2,1-2H3;3-5H,6,11H2,1-2H3. The highest BCUT2D eigenvalue weighted by Crippen LogP contribution is 2.23. The molecule has 0 aliphatic heterocycles. The van der Waals surface area contributed by atoms with Crippen LogP contribution < -0.4 is 15.2 Å². The van der Waals surface area contributed by atoms with Gasteiger partial charge < -0.3 is 24.7 Å². The molecule has 10 nitrogen and oxygen atoms in total. The van der Waals surface area contributed by atoms with Crippen LogP contribution in [0.3, 0.4) is 0 Å². The number of hydrogen-bond donors (Lipinski definition) is 1. The second kappa shape index (κ2) is 11.9. The molecule has 162 valence electrons. The van der Waals surface area contributed by atoms with Crippen LogP contribution in [-0.4, -0.2) is 44.3 Å². The summed E-state index contributed by atoms with van der Waals surface area (Å²) in [6.07, 6.45) is 0. The van der Waals surface area contributed by atoms with Crippen molar-refractivity contribution in [2.45, 2.75) is 13.8 Å². The second-order valence-electron chi connectivity index (χ2n) is 5.96. The molecule has 0 amide bonds. The van der Waals surface area contributed by atoms with Crippen molar-refractivity contribution >= 4 is 23.3 Å². The minimum absolute atomic E-state index is 0.0112. The Bertz CT molecular complexity index is 898. The molecule has 0 bridgehead atoms. The van der Waals surface area contributed by atoms with E-state index in [2.05, 4.69) is 9.47 Å². The zero-order valence-electron chi connectivity index (χ0n) is 17.2. The molecular weight excluding hydrogens is 396 g/mol. The van der Waals surface area contributed by atoms with E-state index in [1.807, 2.05) is 6.92 Å². The van der Waals surface area contributed by atoms with Gasteiger partial charge >= 0.3 is 11.9 Å². The second-order valence-corrected chi connectivity index (χ2v) is 5.96. The number of carbonyl (C=O) groups is 2. The minimum Gasteiger partial charge on any atom is -0.482 e. The van der Waals surface area contributed by atoms with Crippen molar-refractivity contribution < 1.29 is 33.5 Å². The van der Waals surface area contributed by atoms with Crippen LogP contribution in [0.2, 0.25) is 0 Å². The van der Waals surface area contributed by atoms with Gasteiger partial charge in [0.15, 0.2) is 13.2 Å². The van der Waals surface area contributed by atoms with E-state index in [0.717, 1.165) is 5.56 Å². The normalized spacial score (nSPS) is 9.60. The van der Waals surface area contributed by atoms with Crippen LogP contribution in [0.15, 0.2) is 36.4 Å².